The number of rotatable bonds is 7. The van der Waals surface area contributed by atoms with Crippen LogP contribution in [0.15, 0.2) is 24.3 Å². The number of alkyl halides is 1. The lowest BCUT2D eigenvalue weighted by atomic mass is 9.72. The molecule has 0 radical (unpaired) electrons. The summed E-state index contributed by atoms with van der Waals surface area (Å²) in [5.74, 6) is -2.47. The van der Waals surface area contributed by atoms with Crippen molar-refractivity contribution in [3.63, 3.8) is 0 Å². The zero-order chi connectivity index (χ0) is 25.4. The van der Waals surface area contributed by atoms with Crippen LogP contribution in [0.5, 0.6) is 0 Å². The van der Waals surface area contributed by atoms with Gasteiger partial charge < -0.3 is 25.3 Å². The molecular weight excluding hydrogens is 491 g/mol. The highest BCUT2D eigenvalue weighted by Crippen LogP contribution is 2.43. The molecule has 1 aliphatic carbocycles. The first kappa shape index (κ1) is 24.7. The van der Waals surface area contributed by atoms with Crippen molar-refractivity contribution in [1.82, 2.24) is 20.5 Å². The van der Waals surface area contributed by atoms with Gasteiger partial charge in [0.2, 0.25) is 11.8 Å². The maximum Gasteiger partial charge on any atom is 0.271 e. The molecule has 2 aromatic rings. The Labute approximate surface area is 212 Å². The Morgan fingerprint density at radius 1 is 1.31 bits per heavy atom. The Balaban J connectivity index is 1.42. The van der Waals surface area contributed by atoms with Crippen molar-refractivity contribution in [3.8, 4) is 0 Å². The largest absolute Gasteiger partial charge is 0.370 e. The van der Waals surface area contributed by atoms with Crippen LogP contribution in [0.4, 0.5) is 4.39 Å². The number of H-pyrrole nitrogens is 1. The SMILES string of the molecule is O=C1NCCC1CC(NC(=O)C1N(C(=O)c2cc3cccc(Cl)c3[nH]2)CCOC12CCC2)C(=O)CF. The van der Waals surface area contributed by atoms with E-state index in [0.29, 0.717) is 36.3 Å². The van der Waals surface area contributed by atoms with Gasteiger partial charge in [-0.15, -0.1) is 0 Å². The summed E-state index contributed by atoms with van der Waals surface area (Å²) in [4.78, 5) is 56.3. The number of carbonyl (C=O) groups excluding carboxylic acids is 4. The quantitative estimate of drug-likeness (QED) is 0.518. The maximum absolute atomic E-state index is 13.7. The molecule has 3 fully saturated rings. The van der Waals surface area contributed by atoms with Crippen molar-refractivity contribution >= 4 is 46.0 Å². The lowest BCUT2D eigenvalue weighted by molar-refractivity contribution is -0.184. The number of carbonyl (C=O) groups is 4. The molecule has 1 saturated carbocycles. The van der Waals surface area contributed by atoms with E-state index < -0.39 is 42.0 Å². The van der Waals surface area contributed by atoms with Crippen molar-refractivity contribution < 1.29 is 28.3 Å². The van der Waals surface area contributed by atoms with Gasteiger partial charge in [0, 0.05) is 24.4 Å². The van der Waals surface area contributed by atoms with E-state index in [1.807, 2.05) is 6.07 Å². The molecule has 192 valence electrons. The third-order valence-electron chi connectivity index (χ3n) is 7.60. The number of fused-ring (bicyclic) bond motifs is 1. The molecule has 3 unspecified atom stereocenters. The van der Waals surface area contributed by atoms with Crippen LogP contribution < -0.4 is 10.6 Å². The van der Waals surface area contributed by atoms with E-state index in [1.165, 1.54) is 4.90 Å². The molecular formula is C25H28ClFN4O5. The number of ether oxygens (including phenoxy) is 1. The Morgan fingerprint density at radius 2 is 2.11 bits per heavy atom. The molecule has 9 nitrogen and oxygen atoms in total. The minimum Gasteiger partial charge on any atom is -0.370 e. The number of benzene rings is 1. The van der Waals surface area contributed by atoms with Crippen LogP contribution in [0.3, 0.4) is 0 Å². The molecule has 2 saturated heterocycles. The maximum atomic E-state index is 13.7. The van der Waals surface area contributed by atoms with Crippen molar-refractivity contribution in [2.75, 3.05) is 26.4 Å². The molecule has 3 N–H and O–H groups in total. The summed E-state index contributed by atoms with van der Waals surface area (Å²) in [6, 6.07) is 4.86. The Kier molecular flexibility index (Phi) is 6.74. The van der Waals surface area contributed by atoms with E-state index >= 15 is 0 Å². The number of hydrogen-bond acceptors (Lipinski definition) is 5. The van der Waals surface area contributed by atoms with Gasteiger partial charge in [-0.3, -0.25) is 19.2 Å². The zero-order valence-electron chi connectivity index (χ0n) is 19.6. The number of halogens is 2. The van der Waals surface area contributed by atoms with Crippen LogP contribution >= 0.6 is 11.6 Å². The highest BCUT2D eigenvalue weighted by molar-refractivity contribution is 6.35. The normalized spacial score (nSPS) is 23.8. The number of nitrogens with zero attached hydrogens (tertiary/aromatic N) is 1. The van der Waals surface area contributed by atoms with Crippen LogP contribution in [-0.2, 0) is 19.1 Å². The number of Topliss-reactive ketones (excluding diaryl/α,β-unsaturated/α-hetero) is 1. The number of aromatic amines is 1. The van der Waals surface area contributed by atoms with Crippen LogP contribution in [0.25, 0.3) is 10.9 Å². The summed E-state index contributed by atoms with van der Waals surface area (Å²) < 4.78 is 19.4. The van der Waals surface area contributed by atoms with Gasteiger partial charge in [0.05, 0.1) is 28.8 Å². The number of para-hydroxylation sites is 1. The van der Waals surface area contributed by atoms with Crippen LogP contribution in [-0.4, -0.2) is 77.4 Å². The molecule has 1 spiro atoms. The predicted molar refractivity (Wildman–Crippen MR) is 129 cm³/mol. The van der Waals surface area contributed by atoms with Crippen LogP contribution in [0, 0.1) is 5.92 Å². The summed E-state index contributed by atoms with van der Waals surface area (Å²) in [7, 11) is 0. The fourth-order valence-corrected chi connectivity index (χ4v) is 5.77. The van der Waals surface area contributed by atoms with Gasteiger partial charge in [-0.1, -0.05) is 23.7 Å². The van der Waals surface area contributed by atoms with Gasteiger partial charge in [0.25, 0.3) is 5.91 Å². The fourth-order valence-electron chi connectivity index (χ4n) is 5.54. The molecule has 1 aromatic carbocycles. The monoisotopic (exact) mass is 518 g/mol. The second-order valence-corrected chi connectivity index (χ2v) is 10.1. The Hall–Kier alpha value is -2.98. The third-order valence-corrected chi connectivity index (χ3v) is 7.91. The number of hydrogen-bond donors (Lipinski definition) is 3. The highest BCUT2D eigenvalue weighted by atomic mass is 35.5. The molecule has 0 bridgehead atoms. The second-order valence-electron chi connectivity index (χ2n) is 9.73. The molecule has 5 rings (SSSR count). The zero-order valence-corrected chi connectivity index (χ0v) is 20.4. The molecule has 1 aromatic heterocycles. The van der Waals surface area contributed by atoms with Crippen molar-refractivity contribution in [3.05, 3.63) is 35.0 Å². The van der Waals surface area contributed by atoms with Gasteiger partial charge in [-0.05, 0) is 44.2 Å². The smallest absolute Gasteiger partial charge is 0.271 e. The van der Waals surface area contributed by atoms with Gasteiger partial charge >= 0.3 is 0 Å². The van der Waals surface area contributed by atoms with Gasteiger partial charge in [0.15, 0.2) is 5.78 Å². The lowest BCUT2D eigenvalue weighted by Gasteiger charge is -2.53. The molecule has 3 amide bonds. The number of nitrogens with one attached hydrogen (secondary N) is 3. The average Bonchev–Trinajstić information content (AvgIpc) is 3.48. The second kappa shape index (κ2) is 9.82. The molecule has 3 heterocycles. The molecule has 3 aliphatic rings. The summed E-state index contributed by atoms with van der Waals surface area (Å²) in [5.41, 5.74) is 0.0419. The van der Waals surface area contributed by atoms with Crippen molar-refractivity contribution in [2.24, 2.45) is 5.92 Å². The van der Waals surface area contributed by atoms with Gasteiger partial charge in [-0.25, -0.2) is 4.39 Å². The Bertz CT molecular complexity index is 1210. The van der Waals surface area contributed by atoms with Crippen molar-refractivity contribution in [2.45, 2.75) is 49.8 Å². The summed E-state index contributed by atoms with van der Waals surface area (Å²) >= 11 is 6.27. The number of amides is 3. The average molecular weight is 519 g/mol. The van der Waals surface area contributed by atoms with E-state index in [-0.39, 0.29) is 37.1 Å². The first-order valence-electron chi connectivity index (χ1n) is 12.2. The van der Waals surface area contributed by atoms with E-state index in [0.717, 1.165) is 11.8 Å². The molecule has 3 atom stereocenters. The standard InChI is InChI=1S/C25H28ClFN4O5/c26-16-4-1-3-14-11-18(29-20(14)16)24(35)31-9-10-36-25(6-2-7-25)21(31)23(34)30-17(19(32)13-27)12-15-5-8-28-22(15)33/h1,3-4,11,15,17,21,29H,2,5-10,12-13H2,(H,28,33)(H,30,34). The fraction of sp³-hybridized carbons (Fsp3) is 0.520. The summed E-state index contributed by atoms with van der Waals surface area (Å²) in [6.07, 6.45) is 2.52. The van der Waals surface area contributed by atoms with Crippen LogP contribution in [0.2, 0.25) is 5.02 Å². The molecule has 36 heavy (non-hydrogen) atoms. The summed E-state index contributed by atoms with van der Waals surface area (Å²) in [6.45, 7) is -0.339. The first-order chi connectivity index (χ1) is 17.3. The lowest BCUT2D eigenvalue weighted by Crippen LogP contribution is -2.69. The van der Waals surface area contributed by atoms with Crippen molar-refractivity contribution in [1.29, 1.82) is 0 Å². The van der Waals surface area contributed by atoms with Crippen LogP contribution in [0.1, 0.15) is 42.6 Å². The van der Waals surface area contributed by atoms with Gasteiger partial charge in [-0.2, -0.15) is 0 Å². The van der Waals surface area contributed by atoms with E-state index in [1.54, 1.807) is 18.2 Å². The first-order valence-corrected chi connectivity index (χ1v) is 12.6. The predicted octanol–water partition coefficient (Wildman–Crippen LogP) is 2.13. The number of morpholine rings is 1. The highest BCUT2D eigenvalue weighted by Gasteiger charge is 2.55. The number of ketones is 1. The molecule has 11 heteroatoms. The molecule has 2 aliphatic heterocycles. The van der Waals surface area contributed by atoms with E-state index in [2.05, 4.69) is 15.6 Å². The minimum atomic E-state index is -1.26. The summed E-state index contributed by atoms with van der Waals surface area (Å²) in [5, 5.41) is 6.60. The third kappa shape index (κ3) is 4.37. The Morgan fingerprint density at radius 3 is 2.75 bits per heavy atom. The van der Waals surface area contributed by atoms with E-state index in [4.69, 9.17) is 16.3 Å². The minimum absolute atomic E-state index is 0.00929. The number of aromatic nitrogens is 1. The topological polar surface area (TPSA) is 121 Å². The van der Waals surface area contributed by atoms with Gasteiger partial charge in [0.1, 0.15) is 18.4 Å². The van der Waals surface area contributed by atoms with E-state index in [9.17, 15) is 23.6 Å².